The fourth-order valence-electron chi connectivity index (χ4n) is 3.50. The smallest absolute Gasteiger partial charge is 0.317 e. The van der Waals surface area contributed by atoms with E-state index >= 15 is 0 Å². The van der Waals surface area contributed by atoms with Gasteiger partial charge < -0.3 is 4.74 Å². The van der Waals surface area contributed by atoms with Crippen molar-refractivity contribution < 1.29 is 14.3 Å². The monoisotopic (exact) mass is 324 g/mol. The molecule has 1 aliphatic rings. The lowest BCUT2D eigenvalue weighted by molar-refractivity contribution is -0.154. The highest BCUT2D eigenvalue weighted by Crippen LogP contribution is 2.43. The Morgan fingerprint density at radius 3 is 2.00 bits per heavy atom. The first-order chi connectivity index (χ1) is 10.3. The van der Waals surface area contributed by atoms with Gasteiger partial charge in [0.1, 0.15) is 0 Å². The lowest BCUT2D eigenvalue weighted by Crippen LogP contribution is -2.33. The van der Waals surface area contributed by atoms with Crippen LogP contribution in [-0.4, -0.2) is 11.9 Å². The summed E-state index contributed by atoms with van der Waals surface area (Å²) in [5, 5.41) is 0. The van der Waals surface area contributed by atoms with Crippen LogP contribution in [0.25, 0.3) is 0 Å². The van der Waals surface area contributed by atoms with Crippen LogP contribution in [0.1, 0.15) is 81.1 Å². The van der Waals surface area contributed by atoms with Crippen LogP contribution < -0.4 is 0 Å². The molecular formula is C20H36O3. The molecule has 0 N–H and O–H groups in total. The van der Waals surface area contributed by atoms with Crippen molar-refractivity contribution in [2.45, 2.75) is 81.1 Å². The van der Waals surface area contributed by atoms with Crippen LogP contribution in [0.2, 0.25) is 0 Å². The second-order valence-corrected chi connectivity index (χ2v) is 9.87. The Hall–Kier alpha value is -0.860. The van der Waals surface area contributed by atoms with E-state index in [1.54, 1.807) is 0 Å². The minimum atomic E-state index is -0.359. The Labute approximate surface area is 142 Å². The maximum atomic E-state index is 12.0. The van der Waals surface area contributed by atoms with Gasteiger partial charge in [0.15, 0.2) is 0 Å². The van der Waals surface area contributed by atoms with Crippen molar-refractivity contribution >= 4 is 11.9 Å². The summed E-state index contributed by atoms with van der Waals surface area (Å²) in [6.07, 6.45) is 3.64. The molecule has 23 heavy (non-hydrogen) atoms. The summed E-state index contributed by atoms with van der Waals surface area (Å²) in [4.78, 5) is 23.5. The molecule has 0 saturated carbocycles. The van der Waals surface area contributed by atoms with Gasteiger partial charge in [-0.2, -0.15) is 0 Å². The van der Waals surface area contributed by atoms with Crippen molar-refractivity contribution in [2.24, 2.45) is 34.5 Å². The van der Waals surface area contributed by atoms with Gasteiger partial charge >= 0.3 is 11.9 Å². The van der Waals surface area contributed by atoms with Crippen LogP contribution in [0.3, 0.4) is 0 Å². The largest absolute Gasteiger partial charge is 0.393 e. The summed E-state index contributed by atoms with van der Waals surface area (Å²) >= 11 is 0. The Kier molecular flexibility index (Phi) is 6.46. The molecule has 3 heteroatoms. The molecule has 4 atom stereocenters. The first-order valence-electron chi connectivity index (χ1n) is 9.06. The number of ether oxygens (including phenoxy) is 1. The molecule has 0 radical (unpaired) electrons. The number of hydrogen-bond donors (Lipinski definition) is 0. The fourth-order valence-corrected chi connectivity index (χ4v) is 3.50. The van der Waals surface area contributed by atoms with E-state index in [0.29, 0.717) is 17.3 Å². The maximum Gasteiger partial charge on any atom is 0.317 e. The molecule has 134 valence electrons. The third-order valence-electron chi connectivity index (χ3n) is 5.45. The van der Waals surface area contributed by atoms with E-state index in [1.807, 2.05) is 0 Å². The zero-order chi connectivity index (χ0) is 18.0. The minimum Gasteiger partial charge on any atom is -0.393 e. The van der Waals surface area contributed by atoms with Crippen molar-refractivity contribution in [1.82, 2.24) is 0 Å². The summed E-state index contributed by atoms with van der Waals surface area (Å²) in [6, 6.07) is 0. The number of carbonyl (C=O) groups excluding carboxylic acids is 2. The predicted octanol–water partition coefficient (Wildman–Crippen LogP) is 5.23. The highest BCUT2D eigenvalue weighted by molar-refractivity contribution is 5.94. The molecule has 1 fully saturated rings. The first kappa shape index (κ1) is 20.2. The molecule has 0 amide bonds. The Balaban J connectivity index is 2.74. The topological polar surface area (TPSA) is 43.4 Å². The van der Waals surface area contributed by atoms with Crippen LogP contribution in [0.4, 0.5) is 0 Å². The zero-order valence-corrected chi connectivity index (χ0v) is 16.4. The summed E-state index contributed by atoms with van der Waals surface area (Å²) < 4.78 is 4.81. The summed E-state index contributed by atoms with van der Waals surface area (Å²) in [7, 11) is 0. The van der Waals surface area contributed by atoms with E-state index in [2.05, 4.69) is 55.4 Å². The second-order valence-electron chi connectivity index (χ2n) is 9.87. The van der Waals surface area contributed by atoms with Crippen LogP contribution in [0.5, 0.6) is 0 Å². The van der Waals surface area contributed by atoms with Gasteiger partial charge in [-0.15, -0.1) is 0 Å². The van der Waals surface area contributed by atoms with E-state index in [0.717, 1.165) is 6.42 Å². The van der Waals surface area contributed by atoms with E-state index in [9.17, 15) is 9.59 Å². The van der Waals surface area contributed by atoms with Crippen molar-refractivity contribution in [3.8, 4) is 0 Å². The molecular weight excluding hydrogens is 288 g/mol. The number of cyclic esters (lactones) is 2. The van der Waals surface area contributed by atoms with Gasteiger partial charge in [-0.1, -0.05) is 55.4 Å². The molecule has 0 aromatic heterocycles. The zero-order valence-electron chi connectivity index (χ0n) is 16.4. The molecule has 1 heterocycles. The van der Waals surface area contributed by atoms with Gasteiger partial charge in [0, 0.05) is 0 Å². The van der Waals surface area contributed by atoms with Crippen LogP contribution in [0, 0.1) is 34.5 Å². The Bertz CT molecular complexity index is 425. The Morgan fingerprint density at radius 1 is 1.04 bits per heavy atom. The standard InChI is InChI=1S/C20H36O3/c1-13(9-10-19(3,4)5)14(2)11-16(20(6,7)8)15-12-17(21)23-18(15)22/h13-16H,9-12H2,1-8H3. The van der Waals surface area contributed by atoms with Crippen molar-refractivity contribution in [3.05, 3.63) is 0 Å². The van der Waals surface area contributed by atoms with Gasteiger partial charge in [0.05, 0.1) is 12.3 Å². The van der Waals surface area contributed by atoms with Crippen LogP contribution in [0.15, 0.2) is 0 Å². The highest BCUT2D eigenvalue weighted by Gasteiger charge is 2.44. The van der Waals surface area contributed by atoms with Gasteiger partial charge in [-0.3, -0.25) is 9.59 Å². The van der Waals surface area contributed by atoms with E-state index in [-0.39, 0.29) is 35.6 Å². The van der Waals surface area contributed by atoms with Gasteiger partial charge in [-0.25, -0.2) is 0 Å². The summed E-state index contributed by atoms with van der Waals surface area (Å²) in [5.41, 5.74) is 0.353. The molecule has 0 spiro atoms. The molecule has 0 aromatic carbocycles. The fraction of sp³-hybridized carbons (Fsp3) is 0.900. The number of esters is 2. The number of hydrogen-bond acceptors (Lipinski definition) is 3. The average Bonchev–Trinajstić information content (AvgIpc) is 2.69. The maximum absolute atomic E-state index is 12.0. The molecule has 1 saturated heterocycles. The molecule has 1 rings (SSSR count). The molecule has 0 bridgehead atoms. The third-order valence-corrected chi connectivity index (χ3v) is 5.45. The van der Waals surface area contributed by atoms with E-state index in [1.165, 1.54) is 12.8 Å². The lowest BCUT2D eigenvalue weighted by atomic mass is 9.67. The third kappa shape index (κ3) is 6.27. The molecule has 3 nitrogen and oxygen atoms in total. The first-order valence-corrected chi connectivity index (χ1v) is 9.06. The normalized spacial score (nSPS) is 23.6. The highest BCUT2D eigenvalue weighted by atomic mass is 16.6. The van der Waals surface area contributed by atoms with Crippen molar-refractivity contribution in [2.75, 3.05) is 0 Å². The molecule has 4 unspecified atom stereocenters. The summed E-state index contributed by atoms with van der Waals surface area (Å²) in [6.45, 7) is 17.9. The number of carbonyl (C=O) groups is 2. The predicted molar refractivity (Wildman–Crippen MR) is 93.8 cm³/mol. The molecule has 0 aromatic rings. The molecule has 1 aliphatic heterocycles. The molecule has 0 aliphatic carbocycles. The quantitative estimate of drug-likeness (QED) is 0.496. The average molecular weight is 325 g/mol. The second kappa shape index (κ2) is 7.36. The number of rotatable bonds is 6. The van der Waals surface area contributed by atoms with Gasteiger partial charge in [0.2, 0.25) is 0 Å². The van der Waals surface area contributed by atoms with Crippen LogP contribution >= 0.6 is 0 Å². The van der Waals surface area contributed by atoms with E-state index in [4.69, 9.17) is 4.74 Å². The van der Waals surface area contributed by atoms with Gasteiger partial charge in [-0.05, 0) is 47.8 Å². The van der Waals surface area contributed by atoms with Crippen molar-refractivity contribution in [3.63, 3.8) is 0 Å². The van der Waals surface area contributed by atoms with Gasteiger partial charge in [0.25, 0.3) is 0 Å². The lowest BCUT2D eigenvalue weighted by Gasteiger charge is -2.37. The summed E-state index contributed by atoms with van der Waals surface area (Å²) in [5.74, 6) is 0.401. The SMILES string of the molecule is CC(CCC(C)(C)C)C(C)CC(C1CC(=O)OC1=O)C(C)(C)C. The van der Waals surface area contributed by atoms with Crippen molar-refractivity contribution in [1.29, 1.82) is 0 Å². The minimum absolute atomic E-state index is 0.00763. The van der Waals surface area contributed by atoms with Crippen LogP contribution in [-0.2, 0) is 14.3 Å². The van der Waals surface area contributed by atoms with E-state index < -0.39 is 0 Å². The Morgan fingerprint density at radius 2 is 1.61 bits per heavy atom.